The largest absolute Gasteiger partial charge is 0.378 e. The van der Waals surface area contributed by atoms with Crippen molar-refractivity contribution in [3.63, 3.8) is 0 Å². The molecule has 2 rings (SSSR count). The third kappa shape index (κ3) is 4.77. The van der Waals surface area contributed by atoms with E-state index in [9.17, 15) is 0 Å². The highest BCUT2D eigenvalue weighted by Gasteiger charge is 2.30. The summed E-state index contributed by atoms with van der Waals surface area (Å²) in [6.45, 7) is 5.52. The van der Waals surface area contributed by atoms with Gasteiger partial charge in [-0.25, -0.2) is 0 Å². The molecule has 2 fully saturated rings. The smallest absolute Gasteiger partial charge is 0.0575 e. The molecule has 0 aliphatic heterocycles. The van der Waals surface area contributed by atoms with Gasteiger partial charge in [-0.05, 0) is 62.7 Å². The Bertz CT molecular complexity index is 222. The summed E-state index contributed by atoms with van der Waals surface area (Å²) in [6, 6.07) is 0. The molecule has 0 aromatic rings. The van der Waals surface area contributed by atoms with Crippen molar-refractivity contribution in [2.45, 2.75) is 90.6 Å². The second kappa shape index (κ2) is 8.29. The van der Waals surface area contributed by atoms with Crippen molar-refractivity contribution in [1.29, 1.82) is 0 Å². The van der Waals surface area contributed by atoms with Gasteiger partial charge in [0, 0.05) is 6.61 Å². The second-order valence-electron chi connectivity index (χ2n) is 6.98. The zero-order valence-corrected chi connectivity index (χ0v) is 13.2. The summed E-state index contributed by atoms with van der Waals surface area (Å²) in [5, 5.41) is 0. The van der Waals surface area contributed by atoms with E-state index in [4.69, 9.17) is 4.74 Å². The van der Waals surface area contributed by atoms with E-state index in [0.29, 0.717) is 6.10 Å². The average Bonchev–Trinajstić information content (AvgIpc) is 2.47. The van der Waals surface area contributed by atoms with Crippen LogP contribution in [0.3, 0.4) is 0 Å². The van der Waals surface area contributed by atoms with Gasteiger partial charge in [0.05, 0.1) is 6.10 Å². The standard InChI is InChI=1S/C18H34O/c1-3-5-15-6-8-16(9-7-15)17-10-12-18(13-11-17)19-14-4-2/h15-18H,3-14H2,1-2H3/t15-,16-,17-,18-. The molecule has 0 unspecified atom stereocenters. The molecular formula is C18H34O. The Morgan fingerprint density at radius 1 is 0.737 bits per heavy atom. The maximum absolute atomic E-state index is 5.92. The van der Waals surface area contributed by atoms with Gasteiger partial charge in [-0.15, -0.1) is 0 Å². The van der Waals surface area contributed by atoms with Gasteiger partial charge in [-0.1, -0.05) is 39.5 Å². The minimum absolute atomic E-state index is 0.590. The maximum atomic E-state index is 5.92. The zero-order valence-electron chi connectivity index (χ0n) is 13.2. The van der Waals surface area contributed by atoms with E-state index in [2.05, 4.69) is 13.8 Å². The van der Waals surface area contributed by atoms with Crippen LogP contribution in [0, 0.1) is 17.8 Å². The summed E-state index contributed by atoms with van der Waals surface area (Å²) in [7, 11) is 0. The van der Waals surface area contributed by atoms with E-state index >= 15 is 0 Å². The molecule has 0 heterocycles. The molecule has 2 saturated carbocycles. The Kier molecular flexibility index (Phi) is 6.70. The van der Waals surface area contributed by atoms with Crippen LogP contribution < -0.4 is 0 Å². The van der Waals surface area contributed by atoms with Crippen LogP contribution in [-0.4, -0.2) is 12.7 Å². The summed E-state index contributed by atoms with van der Waals surface area (Å²) in [5.74, 6) is 3.15. The number of ether oxygens (including phenoxy) is 1. The van der Waals surface area contributed by atoms with Crippen molar-refractivity contribution in [3.05, 3.63) is 0 Å². The number of hydrogen-bond donors (Lipinski definition) is 0. The highest BCUT2D eigenvalue weighted by Crippen LogP contribution is 2.41. The fraction of sp³-hybridized carbons (Fsp3) is 1.00. The molecule has 0 saturated heterocycles. The molecule has 0 atom stereocenters. The third-order valence-electron chi connectivity index (χ3n) is 5.53. The molecule has 0 radical (unpaired) electrons. The second-order valence-corrected chi connectivity index (χ2v) is 6.98. The van der Waals surface area contributed by atoms with Gasteiger partial charge in [0.15, 0.2) is 0 Å². The van der Waals surface area contributed by atoms with E-state index in [1.54, 1.807) is 0 Å². The Morgan fingerprint density at radius 3 is 1.84 bits per heavy atom. The first-order valence-corrected chi connectivity index (χ1v) is 8.95. The van der Waals surface area contributed by atoms with Gasteiger partial charge in [-0.2, -0.15) is 0 Å². The normalized spacial score (nSPS) is 36.3. The maximum Gasteiger partial charge on any atom is 0.0575 e. The van der Waals surface area contributed by atoms with E-state index in [0.717, 1.165) is 24.4 Å². The van der Waals surface area contributed by atoms with E-state index < -0.39 is 0 Å². The minimum Gasteiger partial charge on any atom is -0.378 e. The summed E-state index contributed by atoms with van der Waals surface area (Å²) < 4.78 is 5.92. The van der Waals surface area contributed by atoms with Gasteiger partial charge in [-0.3, -0.25) is 0 Å². The van der Waals surface area contributed by atoms with E-state index in [1.165, 1.54) is 70.6 Å². The van der Waals surface area contributed by atoms with Gasteiger partial charge < -0.3 is 4.74 Å². The van der Waals surface area contributed by atoms with Crippen LogP contribution in [0.2, 0.25) is 0 Å². The molecule has 2 aliphatic carbocycles. The Morgan fingerprint density at radius 2 is 1.32 bits per heavy atom. The predicted octanol–water partition coefficient (Wildman–Crippen LogP) is 5.58. The molecule has 112 valence electrons. The topological polar surface area (TPSA) is 9.23 Å². The van der Waals surface area contributed by atoms with Crippen LogP contribution in [0.5, 0.6) is 0 Å². The summed E-state index contributed by atoms with van der Waals surface area (Å²) in [6.07, 6.45) is 16.3. The summed E-state index contributed by atoms with van der Waals surface area (Å²) in [4.78, 5) is 0. The van der Waals surface area contributed by atoms with Gasteiger partial charge >= 0.3 is 0 Å². The summed E-state index contributed by atoms with van der Waals surface area (Å²) in [5.41, 5.74) is 0. The van der Waals surface area contributed by atoms with Crippen molar-refractivity contribution in [2.75, 3.05) is 6.61 Å². The molecule has 1 nitrogen and oxygen atoms in total. The average molecular weight is 266 g/mol. The molecule has 19 heavy (non-hydrogen) atoms. The van der Waals surface area contributed by atoms with Crippen LogP contribution in [0.25, 0.3) is 0 Å². The first kappa shape index (κ1) is 15.4. The Labute approximate surface area is 120 Å². The van der Waals surface area contributed by atoms with Crippen molar-refractivity contribution in [3.8, 4) is 0 Å². The van der Waals surface area contributed by atoms with Gasteiger partial charge in [0.25, 0.3) is 0 Å². The minimum atomic E-state index is 0.590. The van der Waals surface area contributed by atoms with Gasteiger partial charge in [0.1, 0.15) is 0 Å². The lowest BCUT2D eigenvalue weighted by Gasteiger charge is -2.37. The monoisotopic (exact) mass is 266 g/mol. The van der Waals surface area contributed by atoms with Crippen molar-refractivity contribution in [2.24, 2.45) is 17.8 Å². The molecule has 0 bridgehead atoms. The first-order valence-electron chi connectivity index (χ1n) is 8.95. The number of rotatable bonds is 6. The number of hydrogen-bond acceptors (Lipinski definition) is 1. The highest BCUT2D eigenvalue weighted by atomic mass is 16.5. The van der Waals surface area contributed by atoms with Crippen molar-refractivity contribution >= 4 is 0 Å². The molecule has 1 heteroatoms. The molecule has 0 amide bonds. The molecule has 0 aromatic carbocycles. The first-order chi connectivity index (χ1) is 9.33. The van der Waals surface area contributed by atoms with E-state index in [1.807, 2.05) is 0 Å². The van der Waals surface area contributed by atoms with Crippen LogP contribution in [0.15, 0.2) is 0 Å². The molecule has 2 aliphatic rings. The highest BCUT2D eigenvalue weighted by molar-refractivity contribution is 4.82. The SMILES string of the molecule is CCCO[C@H]1CC[C@H]([C@H]2CC[C@H](CCC)CC2)CC1. The van der Waals surface area contributed by atoms with Gasteiger partial charge in [0.2, 0.25) is 0 Å². The van der Waals surface area contributed by atoms with Crippen LogP contribution in [-0.2, 0) is 4.74 Å². The molecule has 0 spiro atoms. The van der Waals surface area contributed by atoms with Crippen molar-refractivity contribution < 1.29 is 4.74 Å². The fourth-order valence-corrected chi connectivity index (χ4v) is 4.37. The molecular weight excluding hydrogens is 232 g/mol. The van der Waals surface area contributed by atoms with Crippen LogP contribution >= 0.6 is 0 Å². The lowest BCUT2D eigenvalue weighted by atomic mass is 9.70. The van der Waals surface area contributed by atoms with Crippen molar-refractivity contribution in [1.82, 2.24) is 0 Å². The lowest BCUT2D eigenvalue weighted by Crippen LogP contribution is -2.28. The van der Waals surface area contributed by atoms with Crippen LogP contribution in [0.1, 0.15) is 84.5 Å². The zero-order chi connectivity index (χ0) is 13.5. The quantitative estimate of drug-likeness (QED) is 0.610. The predicted molar refractivity (Wildman–Crippen MR) is 82.3 cm³/mol. The third-order valence-corrected chi connectivity index (χ3v) is 5.53. The lowest BCUT2D eigenvalue weighted by molar-refractivity contribution is 0.00728. The molecule has 0 aromatic heterocycles. The molecule has 0 N–H and O–H groups in total. The van der Waals surface area contributed by atoms with E-state index in [-0.39, 0.29) is 0 Å². The summed E-state index contributed by atoms with van der Waals surface area (Å²) >= 11 is 0. The fourth-order valence-electron chi connectivity index (χ4n) is 4.37. The Hall–Kier alpha value is -0.0400. The Balaban J connectivity index is 1.65. The van der Waals surface area contributed by atoms with Crippen LogP contribution in [0.4, 0.5) is 0 Å².